The summed E-state index contributed by atoms with van der Waals surface area (Å²) in [6, 6.07) is 16.0. The molecule has 1 spiro atoms. The number of benzene rings is 2. The van der Waals surface area contributed by atoms with Gasteiger partial charge in [0.1, 0.15) is 0 Å². The topological polar surface area (TPSA) is 62.7 Å². The van der Waals surface area contributed by atoms with E-state index in [4.69, 9.17) is 4.74 Å². The smallest absolute Gasteiger partial charge is 0.254 e. The van der Waals surface area contributed by atoms with Crippen molar-refractivity contribution in [2.45, 2.75) is 38.0 Å². The van der Waals surface area contributed by atoms with Crippen LogP contribution in [0.1, 0.15) is 35.3 Å². The van der Waals surface area contributed by atoms with Crippen molar-refractivity contribution in [1.82, 2.24) is 14.8 Å². The molecular weight excluding hydrogens is 402 g/mol. The van der Waals surface area contributed by atoms with Gasteiger partial charge in [-0.05, 0) is 53.9 Å². The first-order chi connectivity index (χ1) is 15.5. The number of amides is 2. The maximum atomic E-state index is 13.5. The van der Waals surface area contributed by atoms with Crippen molar-refractivity contribution >= 4 is 22.6 Å². The molecule has 0 aliphatic carbocycles. The van der Waals surface area contributed by atoms with Crippen LogP contribution in [-0.4, -0.2) is 58.1 Å². The molecule has 0 N–H and O–H groups in total. The summed E-state index contributed by atoms with van der Waals surface area (Å²) in [5.74, 6) is 0.0771. The molecule has 3 aliphatic heterocycles. The lowest BCUT2D eigenvalue weighted by molar-refractivity contribution is -0.179. The molecule has 0 saturated carbocycles. The summed E-state index contributed by atoms with van der Waals surface area (Å²) < 4.78 is 6.14. The monoisotopic (exact) mass is 427 g/mol. The van der Waals surface area contributed by atoms with Crippen molar-refractivity contribution < 1.29 is 14.3 Å². The van der Waals surface area contributed by atoms with E-state index in [-0.39, 0.29) is 17.9 Å². The molecule has 2 amide bonds. The van der Waals surface area contributed by atoms with Crippen LogP contribution in [0.4, 0.5) is 0 Å². The first-order valence-corrected chi connectivity index (χ1v) is 11.3. The third-order valence-corrected chi connectivity index (χ3v) is 7.20. The number of ether oxygens (including phenoxy) is 1. The van der Waals surface area contributed by atoms with Gasteiger partial charge in [0, 0.05) is 42.5 Å². The van der Waals surface area contributed by atoms with Crippen LogP contribution < -0.4 is 0 Å². The van der Waals surface area contributed by atoms with Crippen molar-refractivity contribution in [2.24, 2.45) is 0 Å². The van der Waals surface area contributed by atoms with Gasteiger partial charge in [0.05, 0.1) is 19.1 Å². The van der Waals surface area contributed by atoms with Gasteiger partial charge in [0.15, 0.2) is 5.72 Å². The summed E-state index contributed by atoms with van der Waals surface area (Å²) in [5, 5.41) is 2.10. The van der Waals surface area contributed by atoms with E-state index in [1.54, 1.807) is 0 Å². The summed E-state index contributed by atoms with van der Waals surface area (Å²) in [5.41, 5.74) is 3.21. The predicted octanol–water partition coefficient (Wildman–Crippen LogP) is 3.77. The molecule has 4 heterocycles. The second kappa shape index (κ2) is 7.14. The zero-order valence-corrected chi connectivity index (χ0v) is 18.1. The molecule has 3 saturated heterocycles. The maximum Gasteiger partial charge on any atom is 0.254 e. The lowest BCUT2D eigenvalue weighted by atomic mass is 10.00. The molecule has 0 unspecified atom stereocenters. The van der Waals surface area contributed by atoms with Crippen LogP contribution >= 0.6 is 0 Å². The molecule has 0 bridgehead atoms. The number of nitrogens with zero attached hydrogens (tertiary/aromatic N) is 3. The Morgan fingerprint density at radius 2 is 1.88 bits per heavy atom. The molecule has 6 nitrogen and oxygen atoms in total. The van der Waals surface area contributed by atoms with Crippen LogP contribution in [0.2, 0.25) is 0 Å². The van der Waals surface area contributed by atoms with Crippen molar-refractivity contribution in [1.29, 1.82) is 0 Å². The van der Waals surface area contributed by atoms with E-state index in [1.165, 1.54) is 0 Å². The zero-order chi connectivity index (χ0) is 21.9. The van der Waals surface area contributed by atoms with Gasteiger partial charge < -0.3 is 14.5 Å². The van der Waals surface area contributed by atoms with Crippen molar-refractivity contribution in [3.63, 3.8) is 0 Å². The van der Waals surface area contributed by atoms with Crippen LogP contribution in [0.5, 0.6) is 0 Å². The van der Waals surface area contributed by atoms with Gasteiger partial charge in [-0.2, -0.15) is 0 Å². The number of aryl methyl sites for hydroxylation is 1. The highest BCUT2D eigenvalue weighted by atomic mass is 16.5. The molecule has 3 aromatic rings. The first kappa shape index (κ1) is 19.4. The number of hydrogen-bond donors (Lipinski definition) is 0. The SMILES string of the molecule is Cc1ccc(-c2ccc3cc(C(=O)N4CC[C@@]56OCCCN5C(=O)C[C@@H]46)ccc3c2)cn1. The third kappa shape index (κ3) is 2.86. The van der Waals surface area contributed by atoms with Crippen molar-refractivity contribution in [3.05, 3.63) is 66.0 Å². The summed E-state index contributed by atoms with van der Waals surface area (Å²) >= 11 is 0. The number of carbonyl (C=O) groups excluding carboxylic acids is 2. The molecular formula is C26H25N3O3. The van der Waals surface area contributed by atoms with Crippen LogP contribution in [0.25, 0.3) is 21.9 Å². The number of fused-ring (bicyclic) bond motifs is 1. The quantitative estimate of drug-likeness (QED) is 0.625. The van der Waals surface area contributed by atoms with E-state index in [9.17, 15) is 9.59 Å². The van der Waals surface area contributed by atoms with Gasteiger partial charge in [0.2, 0.25) is 5.91 Å². The Kier molecular flexibility index (Phi) is 4.33. The highest BCUT2D eigenvalue weighted by molar-refractivity contribution is 6.00. The summed E-state index contributed by atoms with van der Waals surface area (Å²) in [6.07, 6.45) is 3.79. The number of rotatable bonds is 2. The van der Waals surface area contributed by atoms with Crippen LogP contribution in [0.3, 0.4) is 0 Å². The summed E-state index contributed by atoms with van der Waals surface area (Å²) in [4.78, 5) is 34.1. The van der Waals surface area contributed by atoms with E-state index in [0.29, 0.717) is 31.6 Å². The minimum atomic E-state index is -0.612. The van der Waals surface area contributed by atoms with Gasteiger partial charge >= 0.3 is 0 Å². The van der Waals surface area contributed by atoms with E-state index < -0.39 is 5.72 Å². The van der Waals surface area contributed by atoms with Crippen LogP contribution in [-0.2, 0) is 9.53 Å². The predicted molar refractivity (Wildman–Crippen MR) is 121 cm³/mol. The summed E-state index contributed by atoms with van der Waals surface area (Å²) in [7, 11) is 0. The standard InChI is InChI=1S/C26H25N3O3/c1-17-3-4-22(16-27-17)20-6-5-19-14-21(8-7-18(19)13-20)25(31)28-11-9-26-23(28)15-24(30)29(26)10-2-12-32-26/h3-8,13-14,16,23H,2,9-12,15H2,1H3/t23-,26+/m1/s1. The van der Waals surface area contributed by atoms with Gasteiger partial charge in [-0.25, -0.2) is 0 Å². The molecule has 32 heavy (non-hydrogen) atoms. The van der Waals surface area contributed by atoms with Gasteiger partial charge in [-0.1, -0.05) is 24.3 Å². The minimum absolute atomic E-state index is 0.0237. The van der Waals surface area contributed by atoms with Crippen molar-refractivity contribution in [3.8, 4) is 11.1 Å². The molecule has 2 aromatic carbocycles. The number of aromatic nitrogens is 1. The Bertz CT molecular complexity index is 1240. The van der Waals surface area contributed by atoms with E-state index in [0.717, 1.165) is 40.6 Å². The molecule has 6 heteroatoms. The van der Waals surface area contributed by atoms with Crippen LogP contribution in [0, 0.1) is 6.92 Å². The Hall–Kier alpha value is -3.25. The minimum Gasteiger partial charge on any atom is -0.353 e. The fourth-order valence-corrected chi connectivity index (χ4v) is 5.56. The Morgan fingerprint density at radius 1 is 1.06 bits per heavy atom. The molecule has 162 valence electrons. The number of likely N-dealkylation sites (tertiary alicyclic amines) is 1. The molecule has 3 fully saturated rings. The Balaban J connectivity index is 1.29. The second-order valence-corrected chi connectivity index (χ2v) is 9.03. The first-order valence-electron chi connectivity index (χ1n) is 11.3. The van der Waals surface area contributed by atoms with Crippen LogP contribution in [0.15, 0.2) is 54.7 Å². The lowest BCUT2D eigenvalue weighted by Crippen LogP contribution is -2.56. The number of carbonyl (C=O) groups is 2. The fraction of sp³-hybridized carbons (Fsp3) is 0.346. The molecule has 1 aromatic heterocycles. The lowest BCUT2D eigenvalue weighted by Gasteiger charge is -2.42. The normalized spacial score (nSPS) is 24.7. The Morgan fingerprint density at radius 3 is 2.72 bits per heavy atom. The van der Waals surface area contributed by atoms with Gasteiger partial charge in [0.25, 0.3) is 5.91 Å². The highest BCUT2D eigenvalue weighted by Crippen LogP contribution is 2.45. The second-order valence-electron chi connectivity index (χ2n) is 9.03. The van der Waals surface area contributed by atoms with Crippen molar-refractivity contribution in [2.75, 3.05) is 19.7 Å². The number of hydrogen-bond acceptors (Lipinski definition) is 4. The number of pyridine rings is 1. The molecule has 0 radical (unpaired) electrons. The Labute approximate surface area is 186 Å². The molecule has 6 rings (SSSR count). The average Bonchev–Trinajstić information content (AvgIpc) is 3.30. The largest absolute Gasteiger partial charge is 0.353 e. The highest BCUT2D eigenvalue weighted by Gasteiger charge is 2.61. The third-order valence-electron chi connectivity index (χ3n) is 7.20. The fourth-order valence-electron chi connectivity index (χ4n) is 5.56. The van der Waals surface area contributed by atoms with Gasteiger partial charge in [-0.3, -0.25) is 14.6 Å². The zero-order valence-electron chi connectivity index (χ0n) is 18.1. The molecule has 3 aliphatic rings. The van der Waals surface area contributed by atoms with Gasteiger partial charge in [-0.15, -0.1) is 0 Å². The maximum absolute atomic E-state index is 13.5. The van der Waals surface area contributed by atoms with E-state index in [2.05, 4.69) is 29.2 Å². The summed E-state index contributed by atoms with van der Waals surface area (Å²) in [6.45, 7) is 3.97. The molecule has 2 atom stereocenters. The van der Waals surface area contributed by atoms with E-state index in [1.807, 2.05) is 47.2 Å². The average molecular weight is 428 g/mol. The van der Waals surface area contributed by atoms with E-state index >= 15 is 0 Å².